The maximum absolute atomic E-state index is 5.82. The van der Waals surface area contributed by atoms with Gasteiger partial charge in [0.15, 0.2) is 5.96 Å². The molecule has 1 aliphatic rings. The molecular weight excluding hydrogens is 244 g/mol. The van der Waals surface area contributed by atoms with Gasteiger partial charge in [0, 0.05) is 11.0 Å². The third-order valence-corrected chi connectivity index (χ3v) is 2.43. The second-order valence-corrected chi connectivity index (χ2v) is 3.93. The van der Waals surface area contributed by atoms with Crippen molar-refractivity contribution in [3.05, 3.63) is 22.7 Å². The molecule has 0 aromatic heterocycles. The molecule has 5 heteroatoms. The number of nitrogens with two attached hydrogens (primary N) is 1. The molecule has 1 heterocycles. The zero-order valence-corrected chi connectivity index (χ0v) is 9.13. The van der Waals surface area contributed by atoms with Crippen LogP contribution in [0.3, 0.4) is 0 Å². The van der Waals surface area contributed by atoms with Gasteiger partial charge in [0.2, 0.25) is 0 Å². The molecule has 2 rings (SSSR count). The molecular formula is C9H11BrN4. The number of rotatable bonds is 1. The fourth-order valence-corrected chi connectivity index (χ4v) is 1.64. The van der Waals surface area contributed by atoms with Crippen molar-refractivity contribution in [2.45, 2.75) is 0 Å². The fourth-order valence-electron chi connectivity index (χ4n) is 1.26. The van der Waals surface area contributed by atoms with E-state index in [9.17, 15) is 0 Å². The lowest BCUT2D eigenvalue weighted by Crippen LogP contribution is -2.26. The summed E-state index contributed by atoms with van der Waals surface area (Å²) in [5.74, 6) is 0.791. The minimum Gasteiger partial charge on any atom is -0.397 e. The molecule has 0 atom stereocenters. The number of benzene rings is 1. The molecule has 0 spiro atoms. The van der Waals surface area contributed by atoms with Crippen LogP contribution in [0.5, 0.6) is 0 Å². The Kier molecular flexibility index (Phi) is 2.58. The van der Waals surface area contributed by atoms with E-state index in [4.69, 9.17) is 5.73 Å². The maximum Gasteiger partial charge on any atom is 0.195 e. The van der Waals surface area contributed by atoms with Crippen LogP contribution in [-0.4, -0.2) is 19.0 Å². The minimum atomic E-state index is 0.704. The third kappa shape index (κ3) is 1.98. The summed E-state index contributed by atoms with van der Waals surface area (Å²) in [6.07, 6.45) is 0. The first-order valence-corrected chi connectivity index (χ1v) is 5.15. The molecule has 0 unspecified atom stereocenters. The van der Waals surface area contributed by atoms with Gasteiger partial charge in [0.25, 0.3) is 0 Å². The van der Waals surface area contributed by atoms with Crippen molar-refractivity contribution in [3.8, 4) is 0 Å². The lowest BCUT2D eigenvalue weighted by Gasteiger charge is -2.09. The van der Waals surface area contributed by atoms with E-state index >= 15 is 0 Å². The molecule has 74 valence electrons. The van der Waals surface area contributed by atoms with Gasteiger partial charge in [-0.25, -0.2) is 0 Å². The summed E-state index contributed by atoms with van der Waals surface area (Å²) in [5.41, 5.74) is 7.40. The lowest BCUT2D eigenvalue weighted by atomic mass is 10.3. The van der Waals surface area contributed by atoms with Gasteiger partial charge < -0.3 is 16.4 Å². The van der Waals surface area contributed by atoms with Crippen LogP contribution in [0.1, 0.15) is 0 Å². The maximum atomic E-state index is 5.82. The normalized spacial score (nSPS) is 14.8. The first-order chi connectivity index (χ1) is 6.75. The number of guanidine groups is 1. The topological polar surface area (TPSA) is 62.4 Å². The van der Waals surface area contributed by atoms with Gasteiger partial charge in [-0.05, 0) is 18.2 Å². The fraction of sp³-hybridized carbons (Fsp3) is 0.222. The van der Waals surface area contributed by atoms with Crippen molar-refractivity contribution in [2.75, 3.05) is 24.1 Å². The van der Waals surface area contributed by atoms with Crippen LogP contribution in [0, 0.1) is 0 Å². The summed E-state index contributed by atoms with van der Waals surface area (Å²) in [6.45, 7) is 1.71. The monoisotopic (exact) mass is 254 g/mol. The number of nitrogen functional groups attached to an aromatic ring is 1. The molecule has 0 bridgehead atoms. The number of anilines is 2. The van der Waals surface area contributed by atoms with Crippen molar-refractivity contribution >= 4 is 33.3 Å². The average molecular weight is 255 g/mol. The van der Waals surface area contributed by atoms with E-state index in [0.29, 0.717) is 5.69 Å². The number of hydrogen-bond acceptors (Lipinski definition) is 4. The van der Waals surface area contributed by atoms with Crippen molar-refractivity contribution in [3.63, 3.8) is 0 Å². The van der Waals surface area contributed by atoms with Gasteiger partial charge in [0.1, 0.15) is 0 Å². The van der Waals surface area contributed by atoms with Crippen LogP contribution in [0.15, 0.2) is 27.7 Å². The van der Waals surface area contributed by atoms with Crippen LogP contribution in [-0.2, 0) is 0 Å². The van der Waals surface area contributed by atoms with Gasteiger partial charge in [-0.2, -0.15) is 0 Å². The zero-order valence-electron chi connectivity index (χ0n) is 7.55. The summed E-state index contributed by atoms with van der Waals surface area (Å²) < 4.78 is 0.974. The quantitative estimate of drug-likeness (QED) is 0.665. The van der Waals surface area contributed by atoms with E-state index in [2.05, 4.69) is 31.6 Å². The van der Waals surface area contributed by atoms with Crippen LogP contribution < -0.4 is 16.4 Å². The molecule has 4 nitrogen and oxygen atoms in total. The predicted octanol–water partition coefficient (Wildman–Crippen LogP) is 1.40. The molecule has 1 aromatic carbocycles. The number of nitrogens with one attached hydrogen (secondary N) is 2. The molecule has 0 saturated carbocycles. The van der Waals surface area contributed by atoms with Gasteiger partial charge in [-0.15, -0.1) is 0 Å². The van der Waals surface area contributed by atoms with E-state index in [1.807, 2.05) is 18.2 Å². The molecule has 1 aliphatic heterocycles. The van der Waals surface area contributed by atoms with E-state index in [0.717, 1.165) is 29.2 Å². The second-order valence-electron chi connectivity index (χ2n) is 3.01. The summed E-state index contributed by atoms with van der Waals surface area (Å²) >= 11 is 3.36. The van der Waals surface area contributed by atoms with Crippen LogP contribution >= 0.6 is 15.9 Å². The largest absolute Gasteiger partial charge is 0.397 e. The number of hydrogen-bond donors (Lipinski definition) is 3. The summed E-state index contributed by atoms with van der Waals surface area (Å²) in [4.78, 5) is 4.22. The first kappa shape index (κ1) is 9.33. The van der Waals surface area contributed by atoms with Crippen molar-refractivity contribution in [2.24, 2.45) is 4.99 Å². The molecule has 0 amide bonds. The number of halogens is 1. The molecule has 0 saturated heterocycles. The Morgan fingerprint density at radius 1 is 1.50 bits per heavy atom. The number of aliphatic imine (C=N–C) groups is 1. The Morgan fingerprint density at radius 3 is 3.00 bits per heavy atom. The molecule has 0 aliphatic carbocycles. The second kappa shape index (κ2) is 3.88. The van der Waals surface area contributed by atoms with Gasteiger partial charge in [-0.3, -0.25) is 4.99 Å². The standard InChI is InChI=1S/C9H11BrN4/c10-6-1-2-8(7(11)5-6)14-9-12-3-4-13-9/h1-2,5H,3-4,11H2,(H2,12,13,14). The molecule has 4 N–H and O–H groups in total. The SMILES string of the molecule is Nc1cc(Br)ccc1NC1=NCCN1. The smallest absolute Gasteiger partial charge is 0.195 e. The lowest BCUT2D eigenvalue weighted by molar-refractivity contribution is 0.959. The van der Waals surface area contributed by atoms with Crippen molar-refractivity contribution < 1.29 is 0 Å². The summed E-state index contributed by atoms with van der Waals surface area (Å²) in [5, 5.41) is 6.25. The van der Waals surface area contributed by atoms with E-state index in [1.165, 1.54) is 0 Å². The van der Waals surface area contributed by atoms with Crippen LogP contribution in [0.2, 0.25) is 0 Å². The van der Waals surface area contributed by atoms with Crippen LogP contribution in [0.25, 0.3) is 0 Å². The minimum absolute atomic E-state index is 0.704. The summed E-state index contributed by atoms with van der Waals surface area (Å²) in [6, 6.07) is 5.72. The molecule has 1 aromatic rings. The predicted molar refractivity (Wildman–Crippen MR) is 62.5 cm³/mol. The highest BCUT2D eigenvalue weighted by atomic mass is 79.9. The first-order valence-electron chi connectivity index (χ1n) is 4.36. The Labute approximate surface area is 90.7 Å². The zero-order chi connectivity index (χ0) is 9.97. The van der Waals surface area contributed by atoms with Crippen LogP contribution in [0.4, 0.5) is 11.4 Å². The van der Waals surface area contributed by atoms with Gasteiger partial charge in [0.05, 0.1) is 17.9 Å². The summed E-state index contributed by atoms with van der Waals surface area (Å²) in [7, 11) is 0. The average Bonchev–Trinajstić information content (AvgIpc) is 2.62. The van der Waals surface area contributed by atoms with Crippen molar-refractivity contribution in [1.82, 2.24) is 5.32 Å². The molecule has 14 heavy (non-hydrogen) atoms. The Balaban J connectivity index is 2.16. The van der Waals surface area contributed by atoms with E-state index < -0.39 is 0 Å². The Hall–Kier alpha value is -1.23. The molecule has 0 radical (unpaired) electrons. The highest BCUT2D eigenvalue weighted by Gasteiger charge is 2.06. The Morgan fingerprint density at radius 2 is 2.36 bits per heavy atom. The highest BCUT2D eigenvalue weighted by Crippen LogP contribution is 2.22. The Bertz CT molecular complexity index is 375. The van der Waals surface area contributed by atoms with Gasteiger partial charge >= 0.3 is 0 Å². The van der Waals surface area contributed by atoms with E-state index in [-0.39, 0.29) is 0 Å². The highest BCUT2D eigenvalue weighted by molar-refractivity contribution is 9.10. The number of nitrogens with zero attached hydrogens (tertiary/aromatic N) is 1. The van der Waals surface area contributed by atoms with E-state index in [1.54, 1.807) is 0 Å². The third-order valence-electron chi connectivity index (χ3n) is 1.94. The molecule has 0 fully saturated rings. The van der Waals surface area contributed by atoms with Crippen molar-refractivity contribution in [1.29, 1.82) is 0 Å². The van der Waals surface area contributed by atoms with Gasteiger partial charge in [-0.1, -0.05) is 15.9 Å².